The predicted molar refractivity (Wildman–Crippen MR) is 84.2 cm³/mol. The second-order valence-corrected chi connectivity index (χ2v) is 5.42. The van der Waals surface area contributed by atoms with Crippen molar-refractivity contribution in [1.82, 2.24) is 5.32 Å². The topological polar surface area (TPSA) is 30.5 Å². The molecule has 3 nitrogen and oxygen atoms in total. The van der Waals surface area contributed by atoms with Gasteiger partial charge in [-0.05, 0) is 43.0 Å². The van der Waals surface area contributed by atoms with Crippen LogP contribution in [-0.4, -0.2) is 26.4 Å². The van der Waals surface area contributed by atoms with E-state index in [1.807, 2.05) is 12.1 Å². The molecule has 0 aromatic heterocycles. The Morgan fingerprint density at radius 1 is 1.05 bits per heavy atom. The molecule has 0 spiro atoms. The van der Waals surface area contributed by atoms with Crippen molar-refractivity contribution >= 4 is 0 Å². The van der Waals surface area contributed by atoms with Gasteiger partial charge in [0.2, 0.25) is 0 Å². The van der Waals surface area contributed by atoms with Gasteiger partial charge in [-0.3, -0.25) is 0 Å². The highest BCUT2D eigenvalue weighted by molar-refractivity contribution is 5.27. The summed E-state index contributed by atoms with van der Waals surface area (Å²) < 4.78 is 11.2. The Bertz CT molecular complexity index is 335. The molecule has 1 aromatic carbocycles. The molecule has 0 bridgehead atoms. The molecule has 0 aliphatic rings. The molecule has 1 rings (SSSR count). The molecule has 0 atom stereocenters. The maximum Gasteiger partial charge on any atom is 0.119 e. The normalized spacial score (nSPS) is 11.0. The third-order valence-electron chi connectivity index (χ3n) is 3.07. The molecule has 0 unspecified atom stereocenters. The van der Waals surface area contributed by atoms with Crippen LogP contribution in [0.5, 0.6) is 5.75 Å². The number of rotatable bonds is 11. The zero-order chi connectivity index (χ0) is 14.6. The van der Waals surface area contributed by atoms with Gasteiger partial charge in [0.1, 0.15) is 12.4 Å². The molecular weight excluding hydrogens is 250 g/mol. The van der Waals surface area contributed by atoms with Gasteiger partial charge in [-0.25, -0.2) is 0 Å². The molecule has 0 fully saturated rings. The van der Waals surface area contributed by atoms with Crippen LogP contribution in [0.3, 0.4) is 0 Å². The second kappa shape index (κ2) is 10.7. The summed E-state index contributed by atoms with van der Waals surface area (Å²) in [6, 6.07) is 8.24. The van der Waals surface area contributed by atoms with Crippen molar-refractivity contribution in [3.05, 3.63) is 29.8 Å². The molecule has 0 radical (unpaired) electrons. The van der Waals surface area contributed by atoms with E-state index >= 15 is 0 Å². The Morgan fingerprint density at radius 2 is 1.80 bits per heavy atom. The first-order chi connectivity index (χ1) is 9.72. The van der Waals surface area contributed by atoms with E-state index in [1.54, 1.807) is 0 Å². The van der Waals surface area contributed by atoms with E-state index < -0.39 is 0 Å². The van der Waals surface area contributed by atoms with Gasteiger partial charge in [0.25, 0.3) is 0 Å². The molecule has 0 heterocycles. The highest BCUT2D eigenvalue weighted by atomic mass is 16.5. The fraction of sp³-hybridized carbons (Fsp3) is 0.647. The Morgan fingerprint density at radius 3 is 2.45 bits per heavy atom. The maximum absolute atomic E-state index is 5.65. The van der Waals surface area contributed by atoms with E-state index in [0.717, 1.165) is 37.8 Å². The lowest BCUT2D eigenvalue weighted by Gasteiger charge is -2.09. The van der Waals surface area contributed by atoms with E-state index in [-0.39, 0.29) is 0 Å². The quantitative estimate of drug-likeness (QED) is 0.627. The van der Waals surface area contributed by atoms with Crippen LogP contribution in [0.25, 0.3) is 0 Å². The molecule has 0 saturated heterocycles. The van der Waals surface area contributed by atoms with Crippen molar-refractivity contribution in [2.24, 2.45) is 5.92 Å². The van der Waals surface area contributed by atoms with Crippen molar-refractivity contribution in [3.8, 4) is 5.75 Å². The number of benzene rings is 1. The van der Waals surface area contributed by atoms with Crippen LogP contribution in [0.15, 0.2) is 24.3 Å². The smallest absolute Gasteiger partial charge is 0.119 e. The monoisotopic (exact) mass is 279 g/mol. The lowest BCUT2D eigenvalue weighted by atomic mass is 10.1. The van der Waals surface area contributed by atoms with Gasteiger partial charge in [0.05, 0.1) is 6.61 Å². The molecule has 114 valence electrons. The molecule has 0 aliphatic carbocycles. The Labute approximate surface area is 123 Å². The van der Waals surface area contributed by atoms with Gasteiger partial charge < -0.3 is 14.8 Å². The first-order valence-electron chi connectivity index (χ1n) is 7.72. The fourth-order valence-electron chi connectivity index (χ4n) is 1.89. The van der Waals surface area contributed by atoms with Crippen LogP contribution in [0.4, 0.5) is 0 Å². The largest absolute Gasteiger partial charge is 0.491 e. The minimum absolute atomic E-state index is 0.619. The van der Waals surface area contributed by atoms with Gasteiger partial charge >= 0.3 is 0 Å². The molecule has 1 aromatic rings. The van der Waals surface area contributed by atoms with E-state index in [1.165, 1.54) is 12.0 Å². The van der Waals surface area contributed by atoms with E-state index in [9.17, 15) is 0 Å². The summed E-state index contributed by atoms with van der Waals surface area (Å²) in [4.78, 5) is 0. The summed E-state index contributed by atoms with van der Waals surface area (Å²) in [7, 11) is 0. The van der Waals surface area contributed by atoms with Crippen LogP contribution in [-0.2, 0) is 11.3 Å². The van der Waals surface area contributed by atoms with Gasteiger partial charge in [0.15, 0.2) is 0 Å². The van der Waals surface area contributed by atoms with E-state index in [2.05, 4.69) is 38.2 Å². The van der Waals surface area contributed by atoms with Crippen LogP contribution >= 0.6 is 0 Å². The Hall–Kier alpha value is -1.06. The van der Waals surface area contributed by atoms with E-state index in [0.29, 0.717) is 13.2 Å². The maximum atomic E-state index is 5.65. The third-order valence-corrected chi connectivity index (χ3v) is 3.07. The average Bonchev–Trinajstić information content (AvgIpc) is 2.45. The molecule has 0 saturated carbocycles. The molecular formula is C17H29NO2. The molecule has 3 heteroatoms. The van der Waals surface area contributed by atoms with Gasteiger partial charge in [-0.15, -0.1) is 0 Å². The van der Waals surface area contributed by atoms with Crippen LogP contribution in [0.2, 0.25) is 0 Å². The third kappa shape index (κ3) is 8.18. The Balaban J connectivity index is 2.07. The summed E-state index contributed by atoms with van der Waals surface area (Å²) >= 11 is 0. The molecule has 0 amide bonds. The summed E-state index contributed by atoms with van der Waals surface area (Å²) in [5, 5.41) is 3.30. The van der Waals surface area contributed by atoms with Crippen molar-refractivity contribution in [1.29, 1.82) is 0 Å². The number of hydrogen-bond donors (Lipinski definition) is 1. The first-order valence-corrected chi connectivity index (χ1v) is 7.72. The molecule has 1 N–H and O–H groups in total. The number of hydrogen-bond acceptors (Lipinski definition) is 3. The van der Waals surface area contributed by atoms with Crippen molar-refractivity contribution in [3.63, 3.8) is 0 Å². The highest BCUT2D eigenvalue weighted by Crippen LogP contribution is 2.12. The van der Waals surface area contributed by atoms with Gasteiger partial charge in [0, 0.05) is 13.2 Å². The Kier molecular flexibility index (Phi) is 9.09. The fourth-order valence-corrected chi connectivity index (χ4v) is 1.89. The molecule has 20 heavy (non-hydrogen) atoms. The summed E-state index contributed by atoms with van der Waals surface area (Å²) in [5.74, 6) is 1.67. The van der Waals surface area contributed by atoms with Crippen molar-refractivity contribution in [2.45, 2.75) is 40.2 Å². The van der Waals surface area contributed by atoms with Crippen LogP contribution in [0.1, 0.15) is 39.2 Å². The zero-order valence-electron chi connectivity index (χ0n) is 13.2. The number of ether oxygens (including phenoxy) is 2. The lowest BCUT2D eigenvalue weighted by Crippen LogP contribution is -2.11. The molecule has 0 aliphatic heterocycles. The average molecular weight is 279 g/mol. The highest BCUT2D eigenvalue weighted by Gasteiger charge is 1.97. The standard InChI is InChI=1S/C17H29NO2/c1-4-18-14-16-7-9-17(10-8-16)20-13-12-19-11-5-6-15(2)3/h7-10,15,18H,4-6,11-14H2,1-3H3. The summed E-state index contributed by atoms with van der Waals surface area (Å²) in [5.41, 5.74) is 1.28. The van der Waals surface area contributed by atoms with Crippen LogP contribution in [0, 0.1) is 5.92 Å². The van der Waals surface area contributed by atoms with E-state index in [4.69, 9.17) is 9.47 Å². The lowest BCUT2D eigenvalue weighted by molar-refractivity contribution is 0.0957. The summed E-state index contributed by atoms with van der Waals surface area (Å²) in [6.07, 6.45) is 2.37. The minimum Gasteiger partial charge on any atom is -0.491 e. The van der Waals surface area contributed by atoms with Crippen molar-refractivity contribution in [2.75, 3.05) is 26.4 Å². The second-order valence-electron chi connectivity index (χ2n) is 5.42. The van der Waals surface area contributed by atoms with Gasteiger partial charge in [-0.2, -0.15) is 0 Å². The minimum atomic E-state index is 0.619. The zero-order valence-corrected chi connectivity index (χ0v) is 13.2. The van der Waals surface area contributed by atoms with Crippen LogP contribution < -0.4 is 10.1 Å². The SMILES string of the molecule is CCNCc1ccc(OCCOCCCC(C)C)cc1. The first kappa shape index (κ1) is 17.0. The van der Waals surface area contributed by atoms with Crippen molar-refractivity contribution < 1.29 is 9.47 Å². The predicted octanol–water partition coefficient (Wildman–Crippen LogP) is 3.63. The van der Waals surface area contributed by atoms with Gasteiger partial charge in [-0.1, -0.05) is 32.9 Å². The number of nitrogens with one attached hydrogen (secondary N) is 1. The summed E-state index contributed by atoms with van der Waals surface area (Å²) in [6.45, 7) is 10.6.